The van der Waals surface area contributed by atoms with Crippen LogP contribution < -0.4 is 0 Å². The Morgan fingerprint density at radius 1 is 1.40 bits per heavy atom. The monoisotopic (exact) mass is 220 g/mol. The van der Waals surface area contributed by atoms with Gasteiger partial charge < -0.3 is 0 Å². The minimum absolute atomic E-state index is 0.851. The van der Waals surface area contributed by atoms with Crippen LogP contribution >= 0.6 is 0 Å². The second-order valence-corrected chi connectivity index (χ2v) is 4.58. The number of hydrogen-bond acceptors (Lipinski definition) is 1. The molecule has 15 heavy (non-hydrogen) atoms. The molecule has 1 aliphatic rings. The van der Waals surface area contributed by atoms with Crippen LogP contribution in [0, 0.1) is 0 Å². The third-order valence-corrected chi connectivity index (χ3v) is 3.49. The van der Waals surface area contributed by atoms with Crippen LogP contribution in [0.3, 0.4) is 0 Å². The zero-order valence-corrected chi connectivity index (χ0v) is 9.96. The van der Waals surface area contributed by atoms with Crippen molar-refractivity contribution in [2.24, 2.45) is 0 Å². The summed E-state index contributed by atoms with van der Waals surface area (Å²) in [6.07, 6.45) is 16.5. The molecule has 0 saturated carbocycles. The molecule has 0 aromatic rings. The molecule has 0 saturated heterocycles. The van der Waals surface area contributed by atoms with Gasteiger partial charge in [0.15, 0.2) is 0 Å². The summed E-state index contributed by atoms with van der Waals surface area (Å²) >= 11 is 0. The zero-order chi connectivity index (χ0) is 11.1. The van der Waals surface area contributed by atoms with E-state index in [1.807, 2.05) is 62.5 Å². The molecule has 2 heteroatoms. The fourth-order valence-electron chi connectivity index (χ4n) is 1.25. The van der Waals surface area contributed by atoms with E-state index in [2.05, 4.69) is 0 Å². The summed E-state index contributed by atoms with van der Waals surface area (Å²) in [7, 11) is -1.06. The van der Waals surface area contributed by atoms with E-state index in [1.54, 1.807) is 0 Å². The topological polar surface area (TPSA) is 17.1 Å². The summed E-state index contributed by atoms with van der Waals surface area (Å²) in [6.45, 7) is 3.84. The lowest BCUT2D eigenvalue weighted by molar-refractivity contribution is 0.691. The lowest BCUT2D eigenvalue weighted by atomic mass is 10.4. The maximum absolute atomic E-state index is 12.1. The van der Waals surface area contributed by atoms with Crippen LogP contribution in [0.2, 0.25) is 0 Å². The Labute approximate surface area is 94.0 Å². The average molecular weight is 220 g/mol. The van der Waals surface area contributed by atoms with Crippen molar-refractivity contribution < 1.29 is 4.21 Å². The molecule has 0 aromatic heterocycles. The molecule has 80 valence electrons. The Kier molecular flexibility index (Phi) is 5.05. The van der Waals surface area contributed by atoms with Crippen molar-refractivity contribution in [3.8, 4) is 0 Å². The summed E-state index contributed by atoms with van der Waals surface area (Å²) < 4.78 is 12.1. The highest BCUT2D eigenvalue weighted by atomic mass is 32.2. The van der Waals surface area contributed by atoms with Gasteiger partial charge in [0, 0.05) is 9.81 Å². The van der Waals surface area contributed by atoms with Gasteiger partial charge in [-0.25, -0.2) is 4.21 Å². The van der Waals surface area contributed by atoms with Crippen molar-refractivity contribution in [2.75, 3.05) is 0 Å². The predicted molar refractivity (Wildman–Crippen MR) is 67.7 cm³/mol. The van der Waals surface area contributed by atoms with Crippen molar-refractivity contribution in [3.05, 3.63) is 58.4 Å². The highest BCUT2D eigenvalue weighted by molar-refractivity contribution is 7.93. The van der Waals surface area contributed by atoms with Crippen molar-refractivity contribution >= 4 is 10.8 Å². The fourth-order valence-corrected chi connectivity index (χ4v) is 2.42. The second-order valence-electron chi connectivity index (χ2n) is 3.10. The van der Waals surface area contributed by atoms with Crippen molar-refractivity contribution in [2.45, 2.75) is 20.3 Å². The molecular formula is C13H16OS. The third-order valence-electron chi connectivity index (χ3n) is 1.99. The van der Waals surface area contributed by atoms with Gasteiger partial charge in [-0.3, -0.25) is 0 Å². The quantitative estimate of drug-likeness (QED) is 0.664. The first-order valence-corrected chi connectivity index (χ1v) is 6.18. The number of allylic oxidation sites excluding steroid dienone is 8. The van der Waals surface area contributed by atoms with Crippen LogP contribution in [0.1, 0.15) is 20.3 Å². The lowest BCUT2D eigenvalue weighted by Crippen LogP contribution is -1.94. The van der Waals surface area contributed by atoms with Crippen LogP contribution in [0.25, 0.3) is 0 Å². The van der Waals surface area contributed by atoms with Gasteiger partial charge in [0.25, 0.3) is 0 Å². The summed E-state index contributed by atoms with van der Waals surface area (Å²) in [5.41, 5.74) is 0. The van der Waals surface area contributed by atoms with E-state index in [-0.39, 0.29) is 0 Å². The molecule has 0 bridgehead atoms. The van der Waals surface area contributed by atoms with Crippen LogP contribution in [0.15, 0.2) is 58.4 Å². The molecule has 1 nitrogen and oxygen atoms in total. The van der Waals surface area contributed by atoms with E-state index in [9.17, 15) is 4.21 Å². The van der Waals surface area contributed by atoms with Gasteiger partial charge in [-0.05, 0) is 32.4 Å². The first-order chi connectivity index (χ1) is 7.29. The third kappa shape index (κ3) is 3.48. The largest absolute Gasteiger partial charge is 0.249 e. The first kappa shape index (κ1) is 11.9. The van der Waals surface area contributed by atoms with E-state index in [1.165, 1.54) is 0 Å². The number of hydrogen-bond donors (Lipinski definition) is 0. The van der Waals surface area contributed by atoms with Crippen LogP contribution in [0.4, 0.5) is 0 Å². The van der Waals surface area contributed by atoms with Crippen LogP contribution in [0.5, 0.6) is 0 Å². The summed E-state index contributed by atoms with van der Waals surface area (Å²) in [5, 5.41) is 0. The minimum Gasteiger partial charge on any atom is -0.249 e. The van der Waals surface area contributed by atoms with Crippen molar-refractivity contribution in [3.63, 3.8) is 0 Å². The Balaban J connectivity index is 2.93. The summed E-state index contributed by atoms with van der Waals surface area (Å²) in [5.74, 6) is 0. The standard InChI is InChI=1S/C13H16OS/c1-3-9-12(4-2)15(14)13-10-7-5-6-8-11-13/h3-5,7-11H,6H2,1-2H3/b9-3-,12-4+. The lowest BCUT2D eigenvalue weighted by Gasteiger charge is -2.02. The molecule has 1 atom stereocenters. The highest BCUT2D eigenvalue weighted by Gasteiger charge is 2.07. The predicted octanol–water partition coefficient (Wildman–Crippen LogP) is 3.62. The molecule has 0 amide bonds. The summed E-state index contributed by atoms with van der Waals surface area (Å²) in [4.78, 5) is 1.71. The van der Waals surface area contributed by atoms with Gasteiger partial charge in [0.2, 0.25) is 0 Å². The Morgan fingerprint density at radius 3 is 2.87 bits per heavy atom. The maximum atomic E-state index is 12.1. The normalized spacial score (nSPS) is 19.1. The van der Waals surface area contributed by atoms with Gasteiger partial charge in [-0.2, -0.15) is 0 Å². The van der Waals surface area contributed by atoms with Gasteiger partial charge in [-0.1, -0.05) is 36.5 Å². The van der Waals surface area contributed by atoms with Crippen molar-refractivity contribution in [1.82, 2.24) is 0 Å². The molecule has 0 N–H and O–H groups in total. The smallest absolute Gasteiger partial charge is 0.0845 e. The second kappa shape index (κ2) is 6.36. The summed E-state index contributed by atoms with van der Waals surface area (Å²) in [6, 6.07) is 0. The van der Waals surface area contributed by atoms with Crippen LogP contribution in [-0.4, -0.2) is 4.21 Å². The SMILES string of the molecule is C/C=C\C(=C/C)S(=O)C1=CC=CCC=C1. The molecule has 0 aliphatic heterocycles. The molecule has 1 unspecified atom stereocenters. The Morgan fingerprint density at radius 2 is 2.20 bits per heavy atom. The molecule has 0 radical (unpaired) electrons. The average Bonchev–Trinajstić information content (AvgIpc) is 2.53. The first-order valence-electron chi connectivity index (χ1n) is 5.03. The molecule has 1 rings (SSSR count). The molecule has 0 fully saturated rings. The van der Waals surface area contributed by atoms with Gasteiger partial charge >= 0.3 is 0 Å². The molecule has 0 heterocycles. The Hall–Kier alpha value is -1.15. The maximum Gasteiger partial charge on any atom is 0.0845 e. The molecule has 1 aliphatic carbocycles. The van der Waals surface area contributed by atoms with E-state index >= 15 is 0 Å². The van der Waals surface area contributed by atoms with E-state index in [0.717, 1.165) is 16.2 Å². The van der Waals surface area contributed by atoms with E-state index in [4.69, 9.17) is 0 Å². The van der Waals surface area contributed by atoms with Gasteiger partial charge in [-0.15, -0.1) is 0 Å². The fraction of sp³-hybridized carbons (Fsp3) is 0.231. The zero-order valence-electron chi connectivity index (χ0n) is 9.14. The highest BCUT2D eigenvalue weighted by Crippen LogP contribution is 2.17. The van der Waals surface area contributed by atoms with Gasteiger partial charge in [0.05, 0.1) is 10.8 Å². The van der Waals surface area contributed by atoms with Crippen molar-refractivity contribution in [1.29, 1.82) is 0 Å². The van der Waals surface area contributed by atoms with E-state index in [0.29, 0.717) is 0 Å². The van der Waals surface area contributed by atoms with Crippen LogP contribution in [-0.2, 0) is 10.8 Å². The van der Waals surface area contributed by atoms with Gasteiger partial charge in [0.1, 0.15) is 0 Å². The number of rotatable bonds is 3. The minimum atomic E-state index is -1.06. The Bertz CT molecular complexity index is 381. The molecule has 0 aromatic carbocycles. The molecule has 0 spiro atoms. The van der Waals surface area contributed by atoms with E-state index < -0.39 is 10.8 Å². The molecular weight excluding hydrogens is 204 g/mol.